The summed E-state index contributed by atoms with van der Waals surface area (Å²) in [4.78, 5) is 10.4. The Kier molecular flexibility index (Phi) is 4.70. The zero-order valence-electron chi connectivity index (χ0n) is 6.18. The molecule has 0 spiro atoms. The maximum Gasteiger partial charge on any atom is 0.305 e. The van der Waals surface area contributed by atoms with Gasteiger partial charge in [0, 0.05) is 19.2 Å². The maximum atomic E-state index is 10.4. The molecule has 0 rings (SSSR count). The lowest BCUT2D eigenvalue weighted by Crippen LogP contribution is -1.95. The van der Waals surface area contributed by atoms with Gasteiger partial charge < -0.3 is 4.52 Å². The predicted octanol–water partition coefficient (Wildman–Crippen LogP) is 1.99. The molecule has 54 valence electrons. The van der Waals surface area contributed by atoms with E-state index in [4.69, 9.17) is 4.52 Å². The van der Waals surface area contributed by atoms with E-state index in [-0.39, 0.29) is 5.97 Å². The monoisotopic (exact) mass is 148 g/mol. The van der Waals surface area contributed by atoms with Crippen LogP contribution in [-0.4, -0.2) is 18.3 Å². The minimum Gasteiger partial charge on any atom is -0.445 e. The lowest BCUT2D eigenvalue weighted by molar-refractivity contribution is -0.131. The van der Waals surface area contributed by atoms with Gasteiger partial charge in [-0.1, -0.05) is 13.8 Å². The highest BCUT2D eigenvalue weighted by atomic mass is 31.1. The molecule has 0 amide bonds. The summed E-state index contributed by atoms with van der Waals surface area (Å²) in [5.74, 6) is -0.148. The summed E-state index contributed by atoms with van der Waals surface area (Å²) in [6.07, 6.45) is 1.96. The van der Waals surface area contributed by atoms with Crippen LogP contribution in [0.3, 0.4) is 0 Å². The summed E-state index contributed by atoms with van der Waals surface area (Å²) in [7, 11) is -0.445. The molecule has 3 heteroatoms. The van der Waals surface area contributed by atoms with Gasteiger partial charge in [-0.2, -0.15) is 0 Å². The van der Waals surface area contributed by atoms with Gasteiger partial charge in [-0.15, -0.1) is 0 Å². The molecule has 0 aromatic heterocycles. The quantitative estimate of drug-likeness (QED) is 0.572. The largest absolute Gasteiger partial charge is 0.445 e. The van der Waals surface area contributed by atoms with Crippen molar-refractivity contribution in [3.63, 3.8) is 0 Å². The Hall–Kier alpha value is -0.100. The van der Waals surface area contributed by atoms with Crippen LogP contribution in [0.4, 0.5) is 0 Å². The Morgan fingerprint density at radius 3 is 2.00 bits per heavy atom. The molecule has 0 heterocycles. The molecule has 0 N–H and O–H groups in total. The third-order valence-corrected chi connectivity index (χ3v) is 2.89. The number of rotatable bonds is 3. The molecule has 0 aliphatic carbocycles. The topological polar surface area (TPSA) is 26.3 Å². The minimum absolute atomic E-state index is 0.148. The fourth-order valence-corrected chi connectivity index (χ4v) is 1.60. The number of carbonyl (C=O) groups excluding carboxylic acids is 1. The number of hydrogen-bond donors (Lipinski definition) is 0. The van der Waals surface area contributed by atoms with Crippen molar-refractivity contribution in [2.45, 2.75) is 20.8 Å². The molecule has 0 aliphatic heterocycles. The van der Waals surface area contributed by atoms with Crippen LogP contribution in [0.5, 0.6) is 0 Å². The molecule has 9 heavy (non-hydrogen) atoms. The van der Waals surface area contributed by atoms with E-state index in [1.165, 1.54) is 6.92 Å². The van der Waals surface area contributed by atoms with Gasteiger partial charge in [0.2, 0.25) is 0 Å². The first kappa shape index (κ1) is 8.90. The summed E-state index contributed by atoms with van der Waals surface area (Å²) in [6, 6.07) is 0. The molecule has 0 unspecified atom stereocenters. The van der Waals surface area contributed by atoms with E-state index in [9.17, 15) is 4.79 Å². The van der Waals surface area contributed by atoms with E-state index in [1.807, 2.05) is 13.8 Å². The van der Waals surface area contributed by atoms with E-state index in [1.54, 1.807) is 0 Å². The van der Waals surface area contributed by atoms with Crippen LogP contribution in [0.15, 0.2) is 0 Å². The molecule has 0 atom stereocenters. The summed E-state index contributed by atoms with van der Waals surface area (Å²) < 4.78 is 4.97. The van der Waals surface area contributed by atoms with Crippen molar-refractivity contribution in [1.82, 2.24) is 0 Å². The normalized spacial score (nSPS) is 9.78. The summed E-state index contributed by atoms with van der Waals surface area (Å²) in [6.45, 7) is 5.54. The van der Waals surface area contributed by atoms with Crippen LogP contribution in [0.1, 0.15) is 20.8 Å². The van der Waals surface area contributed by atoms with Crippen molar-refractivity contribution in [1.29, 1.82) is 0 Å². The second-order valence-electron chi connectivity index (χ2n) is 1.70. The minimum atomic E-state index is -0.445. The second-order valence-corrected chi connectivity index (χ2v) is 4.11. The van der Waals surface area contributed by atoms with Crippen molar-refractivity contribution < 1.29 is 9.32 Å². The Bertz CT molecular complexity index is 89.1. The maximum absolute atomic E-state index is 10.4. The molecule has 0 aromatic carbocycles. The first-order valence-electron chi connectivity index (χ1n) is 3.14. The van der Waals surface area contributed by atoms with E-state index in [2.05, 4.69) is 0 Å². The van der Waals surface area contributed by atoms with Gasteiger partial charge in [-0.3, -0.25) is 4.79 Å². The first-order chi connectivity index (χ1) is 4.20. The molecular formula is C6H13O2P. The Morgan fingerprint density at radius 2 is 1.89 bits per heavy atom. The van der Waals surface area contributed by atoms with Gasteiger partial charge in [0.25, 0.3) is 0 Å². The lowest BCUT2D eigenvalue weighted by atomic mass is 10.9. The van der Waals surface area contributed by atoms with Crippen LogP contribution in [-0.2, 0) is 9.32 Å². The Balaban J connectivity index is 3.43. The fourth-order valence-electron chi connectivity index (χ4n) is 0.535. The molecule has 0 radical (unpaired) electrons. The molecule has 0 aliphatic rings. The molecule has 0 saturated carbocycles. The standard InChI is InChI=1S/C6H13O2P/c1-4-9(5-2)8-6(3)7/h4-5H2,1-3H3. The van der Waals surface area contributed by atoms with Gasteiger partial charge in [0.1, 0.15) is 0 Å². The van der Waals surface area contributed by atoms with Gasteiger partial charge in [-0.05, 0) is 0 Å². The third kappa shape index (κ3) is 4.41. The van der Waals surface area contributed by atoms with Crippen LogP contribution in [0, 0.1) is 0 Å². The van der Waals surface area contributed by atoms with Gasteiger partial charge in [0.05, 0.1) is 8.15 Å². The molecule has 2 nitrogen and oxygen atoms in total. The third-order valence-electron chi connectivity index (χ3n) is 0.963. The lowest BCUT2D eigenvalue weighted by Gasteiger charge is -2.10. The highest BCUT2D eigenvalue weighted by molar-refractivity contribution is 7.52. The van der Waals surface area contributed by atoms with Crippen LogP contribution in [0.2, 0.25) is 0 Å². The van der Waals surface area contributed by atoms with Gasteiger partial charge in [0.15, 0.2) is 0 Å². The van der Waals surface area contributed by atoms with Crippen LogP contribution >= 0.6 is 8.15 Å². The molecular weight excluding hydrogens is 135 g/mol. The van der Waals surface area contributed by atoms with Gasteiger partial charge >= 0.3 is 5.97 Å². The zero-order chi connectivity index (χ0) is 7.28. The van der Waals surface area contributed by atoms with Crippen LogP contribution in [0.25, 0.3) is 0 Å². The smallest absolute Gasteiger partial charge is 0.305 e. The van der Waals surface area contributed by atoms with Crippen LogP contribution < -0.4 is 0 Å². The summed E-state index contributed by atoms with van der Waals surface area (Å²) in [5, 5.41) is 0. The van der Waals surface area contributed by atoms with Crippen molar-refractivity contribution >= 4 is 14.1 Å². The average molecular weight is 148 g/mol. The fraction of sp³-hybridized carbons (Fsp3) is 0.833. The number of hydrogen-bond acceptors (Lipinski definition) is 2. The zero-order valence-corrected chi connectivity index (χ0v) is 7.07. The van der Waals surface area contributed by atoms with Gasteiger partial charge in [-0.25, -0.2) is 0 Å². The Labute approximate surface area is 57.4 Å². The predicted molar refractivity (Wildman–Crippen MR) is 39.8 cm³/mol. The molecule has 0 aromatic rings. The highest BCUT2D eigenvalue weighted by Crippen LogP contribution is 2.35. The first-order valence-corrected chi connectivity index (χ1v) is 4.77. The second kappa shape index (κ2) is 4.75. The molecule has 0 fully saturated rings. The molecule has 0 bridgehead atoms. The van der Waals surface area contributed by atoms with Crippen molar-refractivity contribution in [2.75, 3.05) is 12.3 Å². The van der Waals surface area contributed by atoms with E-state index in [0.717, 1.165) is 12.3 Å². The average Bonchev–Trinajstić information content (AvgIpc) is 1.82. The van der Waals surface area contributed by atoms with E-state index < -0.39 is 8.15 Å². The number of carbonyl (C=O) groups is 1. The SMILES string of the molecule is CCP(CC)OC(C)=O. The van der Waals surface area contributed by atoms with E-state index in [0.29, 0.717) is 0 Å². The van der Waals surface area contributed by atoms with E-state index >= 15 is 0 Å². The Morgan fingerprint density at radius 1 is 1.44 bits per heavy atom. The summed E-state index contributed by atoms with van der Waals surface area (Å²) >= 11 is 0. The van der Waals surface area contributed by atoms with Crippen molar-refractivity contribution in [2.24, 2.45) is 0 Å². The highest BCUT2D eigenvalue weighted by Gasteiger charge is 2.04. The molecule has 0 saturated heterocycles. The van der Waals surface area contributed by atoms with Crippen molar-refractivity contribution in [3.8, 4) is 0 Å². The summed E-state index contributed by atoms with van der Waals surface area (Å²) in [5.41, 5.74) is 0. The van der Waals surface area contributed by atoms with Crippen molar-refractivity contribution in [3.05, 3.63) is 0 Å².